The van der Waals surface area contributed by atoms with Crippen LogP contribution in [0, 0.1) is 0 Å². The Bertz CT molecular complexity index is 104. The number of ether oxygens (including phenoxy) is 1. The molecule has 2 nitrogen and oxygen atoms in total. The molecular formula is C12H27NO. The summed E-state index contributed by atoms with van der Waals surface area (Å²) in [6.45, 7) is 6.15. The molecule has 2 N–H and O–H groups in total. The molecule has 14 heavy (non-hydrogen) atoms. The third-order valence-electron chi connectivity index (χ3n) is 2.34. The summed E-state index contributed by atoms with van der Waals surface area (Å²) in [6.07, 6.45) is 8.67. The number of nitrogens with two attached hydrogens (primary N) is 1. The Labute approximate surface area is 89.2 Å². The maximum absolute atomic E-state index is 5.65. The molecule has 1 atom stereocenters. The minimum atomic E-state index is 0.347. The first-order valence-electron chi connectivity index (χ1n) is 6.10. The maximum Gasteiger partial charge on any atom is 0.0466 e. The molecule has 0 bridgehead atoms. The lowest BCUT2D eigenvalue weighted by Gasteiger charge is -2.05. The van der Waals surface area contributed by atoms with Gasteiger partial charge >= 0.3 is 0 Å². The topological polar surface area (TPSA) is 35.2 Å². The molecule has 1 unspecified atom stereocenters. The Morgan fingerprint density at radius 1 is 1.00 bits per heavy atom. The molecule has 0 aromatic heterocycles. The summed E-state index contributed by atoms with van der Waals surface area (Å²) in [6, 6.07) is 0.347. The summed E-state index contributed by atoms with van der Waals surface area (Å²) in [5.41, 5.74) is 5.65. The molecule has 0 spiro atoms. The number of hydrogen-bond donors (Lipinski definition) is 1. The van der Waals surface area contributed by atoms with E-state index in [2.05, 4.69) is 13.8 Å². The summed E-state index contributed by atoms with van der Waals surface area (Å²) in [7, 11) is 0. The first-order valence-corrected chi connectivity index (χ1v) is 6.10. The van der Waals surface area contributed by atoms with Gasteiger partial charge in [-0.25, -0.2) is 0 Å². The van der Waals surface area contributed by atoms with E-state index in [1.165, 1.54) is 32.1 Å². The highest BCUT2D eigenvalue weighted by Crippen LogP contribution is 2.01. The largest absolute Gasteiger partial charge is 0.381 e. The molecule has 0 rings (SSSR count). The van der Waals surface area contributed by atoms with E-state index in [1.54, 1.807) is 0 Å². The van der Waals surface area contributed by atoms with E-state index >= 15 is 0 Å². The fourth-order valence-corrected chi connectivity index (χ4v) is 1.40. The van der Waals surface area contributed by atoms with Crippen molar-refractivity contribution in [2.75, 3.05) is 13.2 Å². The van der Waals surface area contributed by atoms with Gasteiger partial charge in [-0.3, -0.25) is 0 Å². The minimum absolute atomic E-state index is 0.347. The van der Waals surface area contributed by atoms with Crippen molar-refractivity contribution in [1.82, 2.24) is 0 Å². The van der Waals surface area contributed by atoms with Crippen LogP contribution in [0.25, 0.3) is 0 Å². The summed E-state index contributed by atoms with van der Waals surface area (Å²) in [4.78, 5) is 0. The van der Waals surface area contributed by atoms with Gasteiger partial charge in [-0.1, -0.05) is 26.2 Å². The lowest BCUT2D eigenvalue weighted by molar-refractivity contribution is 0.125. The molecule has 0 saturated heterocycles. The summed E-state index contributed by atoms with van der Waals surface area (Å²) in [5, 5.41) is 0. The lowest BCUT2D eigenvalue weighted by atomic mass is 10.1. The normalized spacial score (nSPS) is 13.1. The Hall–Kier alpha value is -0.0800. The van der Waals surface area contributed by atoms with Crippen molar-refractivity contribution < 1.29 is 4.74 Å². The van der Waals surface area contributed by atoms with Crippen LogP contribution < -0.4 is 5.73 Å². The van der Waals surface area contributed by atoms with Crippen LogP contribution in [0.5, 0.6) is 0 Å². The highest BCUT2D eigenvalue weighted by atomic mass is 16.5. The molecule has 0 aliphatic heterocycles. The predicted molar refractivity (Wildman–Crippen MR) is 62.5 cm³/mol. The van der Waals surface area contributed by atoms with Crippen molar-refractivity contribution in [3.8, 4) is 0 Å². The van der Waals surface area contributed by atoms with Crippen molar-refractivity contribution in [2.45, 2.75) is 64.8 Å². The van der Waals surface area contributed by atoms with Gasteiger partial charge in [0.2, 0.25) is 0 Å². The molecule has 0 fully saturated rings. The Kier molecular flexibility index (Phi) is 10.9. The fraction of sp³-hybridized carbons (Fsp3) is 1.00. The number of unbranched alkanes of at least 4 members (excludes halogenated alkanes) is 4. The van der Waals surface area contributed by atoms with E-state index in [4.69, 9.17) is 10.5 Å². The van der Waals surface area contributed by atoms with Crippen molar-refractivity contribution in [3.63, 3.8) is 0 Å². The van der Waals surface area contributed by atoms with Gasteiger partial charge in [0.1, 0.15) is 0 Å². The summed E-state index contributed by atoms with van der Waals surface area (Å²) < 4.78 is 5.52. The van der Waals surface area contributed by atoms with Gasteiger partial charge < -0.3 is 10.5 Å². The third-order valence-corrected chi connectivity index (χ3v) is 2.34. The highest BCUT2D eigenvalue weighted by Gasteiger charge is 1.94. The van der Waals surface area contributed by atoms with Gasteiger partial charge in [-0.2, -0.15) is 0 Å². The smallest absolute Gasteiger partial charge is 0.0466 e. The van der Waals surface area contributed by atoms with Crippen LogP contribution in [-0.4, -0.2) is 19.3 Å². The quantitative estimate of drug-likeness (QED) is 0.551. The van der Waals surface area contributed by atoms with E-state index in [9.17, 15) is 0 Å². The fourth-order valence-electron chi connectivity index (χ4n) is 1.40. The highest BCUT2D eigenvalue weighted by molar-refractivity contribution is 4.52. The first kappa shape index (κ1) is 13.9. The van der Waals surface area contributed by atoms with Gasteiger partial charge in [-0.15, -0.1) is 0 Å². The molecule has 0 aliphatic rings. The molecular weight excluding hydrogens is 174 g/mol. The molecule has 0 aliphatic carbocycles. The molecule has 0 heterocycles. The third kappa shape index (κ3) is 11.9. The summed E-state index contributed by atoms with van der Waals surface area (Å²) >= 11 is 0. The van der Waals surface area contributed by atoms with Crippen LogP contribution in [-0.2, 0) is 4.74 Å². The van der Waals surface area contributed by atoms with E-state index < -0.39 is 0 Å². The molecule has 0 saturated carbocycles. The lowest BCUT2D eigenvalue weighted by Crippen LogP contribution is -2.14. The van der Waals surface area contributed by atoms with Crippen LogP contribution in [0.1, 0.15) is 58.8 Å². The Morgan fingerprint density at radius 3 is 2.21 bits per heavy atom. The van der Waals surface area contributed by atoms with Gasteiger partial charge in [0.25, 0.3) is 0 Å². The second kappa shape index (κ2) is 11.0. The van der Waals surface area contributed by atoms with Crippen LogP contribution in [0.4, 0.5) is 0 Å². The van der Waals surface area contributed by atoms with Gasteiger partial charge in [0, 0.05) is 19.3 Å². The molecule has 0 aromatic rings. The molecule has 0 amide bonds. The molecule has 86 valence electrons. The Balaban J connectivity index is 2.85. The minimum Gasteiger partial charge on any atom is -0.381 e. The summed E-state index contributed by atoms with van der Waals surface area (Å²) in [5.74, 6) is 0. The zero-order chi connectivity index (χ0) is 10.6. The van der Waals surface area contributed by atoms with Crippen molar-refractivity contribution >= 4 is 0 Å². The van der Waals surface area contributed by atoms with Crippen LogP contribution in [0.2, 0.25) is 0 Å². The second-order valence-electron chi connectivity index (χ2n) is 4.15. The van der Waals surface area contributed by atoms with Gasteiger partial charge in [0.15, 0.2) is 0 Å². The Morgan fingerprint density at radius 2 is 1.64 bits per heavy atom. The van der Waals surface area contributed by atoms with E-state index in [-0.39, 0.29) is 0 Å². The van der Waals surface area contributed by atoms with Gasteiger partial charge in [0.05, 0.1) is 0 Å². The molecule has 0 aromatic carbocycles. The SMILES string of the molecule is CCCCCCOCCCCC(C)N. The average molecular weight is 201 g/mol. The van der Waals surface area contributed by atoms with Crippen LogP contribution in [0.3, 0.4) is 0 Å². The number of hydrogen-bond acceptors (Lipinski definition) is 2. The standard InChI is InChI=1S/C12H27NO/c1-3-4-5-7-10-14-11-8-6-9-12(2)13/h12H,3-11,13H2,1-2H3. The monoisotopic (exact) mass is 201 g/mol. The van der Waals surface area contributed by atoms with Crippen LogP contribution in [0.15, 0.2) is 0 Å². The van der Waals surface area contributed by atoms with Crippen LogP contribution >= 0.6 is 0 Å². The predicted octanol–water partition coefficient (Wildman–Crippen LogP) is 3.10. The van der Waals surface area contributed by atoms with Gasteiger partial charge in [-0.05, 0) is 32.6 Å². The molecule has 0 radical (unpaired) electrons. The zero-order valence-corrected chi connectivity index (χ0v) is 9.93. The first-order chi connectivity index (χ1) is 6.77. The average Bonchev–Trinajstić information content (AvgIpc) is 2.15. The second-order valence-corrected chi connectivity index (χ2v) is 4.15. The van der Waals surface area contributed by atoms with Crippen molar-refractivity contribution in [2.24, 2.45) is 5.73 Å². The van der Waals surface area contributed by atoms with E-state index in [0.29, 0.717) is 6.04 Å². The zero-order valence-electron chi connectivity index (χ0n) is 9.93. The molecule has 2 heteroatoms. The van der Waals surface area contributed by atoms with E-state index in [0.717, 1.165) is 26.1 Å². The van der Waals surface area contributed by atoms with Crippen molar-refractivity contribution in [3.05, 3.63) is 0 Å². The number of rotatable bonds is 10. The van der Waals surface area contributed by atoms with Crippen molar-refractivity contribution in [1.29, 1.82) is 0 Å². The maximum atomic E-state index is 5.65. The van der Waals surface area contributed by atoms with E-state index in [1.807, 2.05) is 0 Å².